The minimum absolute atomic E-state index is 0.0783. The van der Waals surface area contributed by atoms with Gasteiger partial charge in [0.25, 0.3) is 0 Å². The smallest absolute Gasteiger partial charge is 0.230 e. The van der Waals surface area contributed by atoms with Gasteiger partial charge >= 0.3 is 0 Å². The number of aryl methyl sites for hydroxylation is 1. The quantitative estimate of drug-likeness (QED) is 0.699. The van der Waals surface area contributed by atoms with E-state index in [1.807, 2.05) is 0 Å². The van der Waals surface area contributed by atoms with E-state index >= 15 is 0 Å². The van der Waals surface area contributed by atoms with Crippen molar-refractivity contribution in [2.45, 2.75) is 62.9 Å². The minimum atomic E-state index is 0.0783. The van der Waals surface area contributed by atoms with E-state index in [1.54, 1.807) is 11.3 Å². The van der Waals surface area contributed by atoms with E-state index in [4.69, 9.17) is 4.74 Å². The van der Waals surface area contributed by atoms with Crippen LogP contribution in [0.4, 0.5) is 0 Å². The lowest BCUT2D eigenvalue weighted by atomic mass is 10.2. The van der Waals surface area contributed by atoms with Gasteiger partial charge in [0.1, 0.15) is 0 Å². The van der Waals surface area contributed by atoms with Gasteiger partial charge in [0, 0.05) is 28.5 Å². The molecule has 4 rings (SSSR count). The number of hydrogen-bond donors (Lipinski definition) is 1. The predicted molar refractivity (Wildman–Crippen MR) is 104 cm³/mol. The van der Waals surface area contributed by atoms with Crippen LogP contribution >= 0.6 is 23.1 Å². The topological polar surface area (TPSA) is 69.0 Å². The third-order valence-corrected chi connectivity index (χ3v) is 6.71. The fourth-order valence-electron chi connectivity index (χ4n) is 3.08. The highest BCUT2D eigenvalue weighted by molar-refractivity contribution is 7.99. The lowest BCUT2D eigenvalue weighted by molar-refractivity contribution is -0.118. The molecular formula is C18H24N4O2S2. The molecular weight excluding hydrogens is 368 g/mol. The SMILES string of the molecule is CCc1cc(-c2nnc(SCC(=O)NC3CC3)n2CC2CCCO2)cs1. The summed E-state index contributed by atoms with van der Waals surface area (Å²) in [6, 6.07) is 2.58. The summed E-state index contributed by atoms with van der Waals surface area (Å²) in [4.78, 5) is 13.4. The number of ether oxygens (including phenoxy) is 1. The van der Waals surface area contributed by atoms with E-state index in [9.17, 15) is 4.79 Å². The van der Waals surface area contributed by atoms with Crippen LogP contribution in [0.1, 0.15) is 37.5 Å². The monoisotopic (exact) mass is 392 g/mol. The van der Waals surface area contributed by atoms with Crippen molar-refractivity contribution in [1.29, 1.82) is 0 Å². The van der Waals surface area contributed by atoms with Crippen molar-refractivity contribution in [1.82, 2.24) is 20.1 Å². The molecule has 26 heavy (non-hydrogen) atoms. The van der Waals surface area contributed by atoms with Crippen LogP contribution in [0.2, 0.25) is 0 Å². The molecule has 140 valence electrons. The van der Waals surface area contributed by atoms with Gasteiger partial charge in [-0.3, -0.25) is 9.36 Å². The molecule has 3 heterocycles. The van der Waals surface area contributed by atoms with Crippen LogP contribution < -0.4 is 5.32 Å². The van der Waals surface area contributed by atoms with Gasteiger partial charge in [-0.1, -0.05) is 18.7 Å². The minimum Gasteiger partial charge on any atom is -0.376 e. The summed E-state index contributed by atoms with van der Waals surface area (Å²) in [5, 5.41) is 14.8. The fraction of sp³-hybridized carbons (Fsp3) is 0.611. The average molecular weight is 393 g/mol. The Morgan fingerprint density at radius 2 is 2.31 bits per heavy atom. The molecule has 0 bridgehead atoms. The first-order valence-corrected chi connectivity index (χ1v) is 11.1. The number of rotatable bonds is 8. The number of aromatic nitrogens is 3. The molecule has 1 atom stereocenters. The van der Waals surface area contributed by atoms with Gasteiger partial charge in [-0.05, 0) is 38.2 Å². The average Bonchev–Trinajstić information content (AvgIpc) is 3.08. The Bertz CT molecular complexity index is 763. The van der Waals surface area contributed by atoms with E-state index in [-0.39, 0.29) is 12.0 Å². The third-order valence-electron chi connectivity index (χ3n) is 4.66. The van der Waals surface area contributed by atoms with Crippen LogP contribution in [0.15, 0.2) is 16.6 Å². The largest absolute Gasteiger partial charge is 0.376 e. The molecule has 1 aliphatic heterocycles. The summed E-state index contributed by atoms with van der Waals surface area (Å²) in [5.74, 6) is 1.33. The second kappa shape index (κ2) is 8.10. The summed E-state index contributed by atoms with van der Waals surface area (Å²) < 4.78 is 7.95. The Kier molecular flexibility index (Phi) is 5.61. The van der Waals surface area contributed by atoms with Crippen molar-refractivity contribution >= 4 is 29.0 Å². The standard InChI is InChI=1S/C18H24N4O2S2/c1-2-15-8-12(10-25-15)17-20-21-18(22(17)9-14-4-3-7-24-14)26-11-16(23)19-13-5-6-13/h8,10,13-14H,2-7,9,11H2,1H3,(H,19,23). The zero-order chi connectivity index (χ0) is 17.9. The second-order valence-corrected chi connectivity index (χ2v) is 8.78. The summed E-state index contributed by atoms with van der Waals surface area (Å²) in [5.41, 5.74) is 1.10. The molecule has 8 heteroatoms. The van der Waals surface area contributed by atoms with E-state index in [0.717, 1.165) is 61.8 Å². The summed E-state index contributed by atoms with van der Waals surface area (Å²) >= 11 is 3.22. The highest BCUT2D eigenvalue weighted by Gasteiger charge is 2.25. The molecule has 2 aliphatic rings. The van der Waals surface area contributed by atoms with Crippen molar-refractivity contribution in [3.8, 4) is 11.4 Å². The number of thioether (sulfide) groups is 1. The Hall–Kier alpha value is -1.38. The van der Waals surface area contributed by atoms with Gasteiger partial charge in [0.15, 0.2) is 11.0 Å². The summed E-state index contributed by atoms with van der Waals surface area (Å²) in [6.07, 6.45) is 5.60. The van der Waals surface area contributed by atoms with Crippen molar-refractivity contribution in [2.75, 3.05) is 12.4 Å². The third kappa shape index (κ3) is 4.29. The molecule has 1 N–H and O–H groups in total. The van der Waals surface area contributed by atoms with Gasteiger partial charge in [-0.25, -0.2) is 0 Å². The number of thiophene rings is 1. The van der Waals surface area contributed by atoms with Crippen LogP contribution in [0.3, 0.4) is 0 Å². The molecule has 1 saturated carbocycles. The maximum Gasteiger partial charge on any atom is 0.230 e. The number of carbonyl (C=O) groups is 1. The second-order valence-electron chi connectivity index (χ2n) is 6.84. The van der Waals surface area contributed by atoms with Gasteiger partial charge in [-0.2, -0.15) is 0 Å². The Morgan fingerprint density at radius 1 is 1.42 bits per heavy atom. The molecule has 1 unspecified atom stereocenters. The number of amides is 1. The van der Waals surface area contributed by atoms with Crippen LogP contribution in [-0.4, -0.2) is 45.2 Å². The van der Waals surface area contributed by atoms with E-state index < -0.39 is 0 Å². The number of hydrogen-bond acceptors (Lipinski definition) is 6. The molecule has 0 spiro atoms. The van der Waals surface area contributed by atoms with Crippen molar-refractivity contribution in [3.05, 3.63) is 16.3 Å². The maximum absolute atomic E-state index is 12.0. The normalized spacial score (nSPS) is 19.8. The zero-order valence-corrected chi connectivity index (χ0v) is 16.6. The summed E-state index contributed by atoms with van der Waals surface area (Å²) in [6.45, 7) is 3.73. The van der Waals surface area contributed by atoms with Crippen molar-refractivity contribution in [2.24, 2.45) is 0 Å². The van der Waals surface area contributed by atoms with Crippen molar-refractivity contribution in [3.63, 3.8) is 0 Å². The molecule has 0 aromatic carbocycles. The number of nitrogens with one attached hydrogen (secondary N) is 1. The zero-order valence-electron chi connectivity index (χ0n) is 14.9. The van der Waals surface area contributed by atoms with Gasteiger partial charge in [0.05, 0.1) is 18.4 Å². The first-order valence-electron chi connectivity index (χ1n) is 9.27. The predicted octanol–water partition coefficient (Wildman–Crippen LogP) is 3.12. The number of carbonyl (C=O) groups excluding carboxylic acids is 1. The van der Waals surface area contributed by atoms with Crippen LogP contribution in [-0.2, 0) is 22.5 Å². The first-order chi connectivity index (χ1) is 12.7. The highest BCUT2D eigenvalue weighted by Crippen LogP contribution is 2.29. The molecule has 2 aromatic heterocycles. The van der Waals surface area contributed by atoms with Crippen LogP contribution in [0.25, 0.3) is 11.4 Å². The van der Waals surface area contributed by atoms with Gasteiger partial charge in [0.2, 0.25) is 5.91 Å². The lowest BCUT2D eigenvalue weighted by Crippen LogP contribution is -2.27. The first kappa shape index (κ1) is 18.0. The Balaban J connectivity index is 1.52. The highest BCUT2D eigenvalue weighted by atomic mass is 32.2. The maximum atomic E-state index is 12.0. The van der Waals surface area contributed by atoms with Crippen LogP contribution in [0, 0.1) is 0 Å². The van der Waals surface area contributed by atoms with Gasteiger partial charge in [-0.15, -0.1) is 21.5 Å². The molecule has 1 amide bonds. The molecule has 2 aromatic rings. The van der Waals surface area contributed by atoms with Crippen molar-refractivity contribution < 1.29 is 9.53 Å². The molecule has 2 fully saturated rings. The van der Waals surface area contributed by atoms with E-state index in [2.05, 4.69) is 38.5 Å². The lowest BCUT2D eigenvalue weighted by Gasteiger charge is -2.14. The Labute approximate surface area is 161 Å². The Morgan fingerprint density at radius 3 is 3.00 bits per heavy atom. The fourth-order valence-corrected chi connectivity index (χ4v) is 4.65. The molecule has 6 nitrogen and oxygen atoms in total. The summed E-state index contributed by atoms with van der Waals surface area (Å²) in [7, 11) is 0. The van der Waals surface area contributed by atoms with Gasteiger partial charge < -0.3 is 10.1 Å². The molecule has 1 aliphatic carbocycles. The van der Waals surface area contributed by atoms with Crippen LogP contribution in [0.5, 0.6) is 0 Å². The van der Waals surface area contributed by atoms with E-state index in [1.165, 1.54) is 16.6 Å². The van der Waals surface area contributed by atoms with E-state index in [0.29, 0.717) is 11.8 Å². The molecule has 0 radical (unpaired) electrons. The number of nitrogens with zero attached hydrogens (tertiary/aromatic N) is 3. The molecule has 1 saturated heterocycles.